The number of hydrogen-bond donors (Lipinski definition) is 1. The van der Waals surface area contributed by atoms with E-state index in [1.165, 1.54) is 24.1 Å². The van der Waals surface area contributed by atoms with Gasteiger partial charge in [0, 0.05) is 39.3 Å². The van der Waals surface area contributed by atoms with Crippen LogP contribution in [-0.2, 0) is 17.7 Å². The van der Waals surface area contributed by atoms with Crippen LogP contribution in [0.3, 0.4) is 0 Å². The molecule has 0 bridgehead atoms. The molecule has 1 saturated heterocycles. The highest BCUT2D eigenvalue weighted by molar-refractivity contribution is 5.80. The predicted molar refractivity (Wildman–Crippen MR) is 103 cm³/mol. The van der Waals surface area contributed by atoms with Gasteiger partial charge in [0.25, 0.3) is 0 Å². The zero-order valence-corrected chi connectivity index (χ0v) is 15.5. The minimum Gasteiger partial charge on any atom is -0.379 e. The molecule has 2 heterocycles. The van der Waals surface area contributed by atoms with Crippen LogP contribution < -0.4 is 5.32 Å². The van der Waals surface area contributed by atoms with Crippen LogP contribution in [0, 0.1) is 0 Å². The van der Waals surface area contributed by atoms with Crippen LogP contribution in [-0.4, -0.2) is 68.2 Å². The highest BCUT2D eigenvalue weighted by Gasteiger charge is 2.18. The van der Waals surface area contributed by atoms with E-state index in [1.807, 2.05) is 0 Å². The molecule has 1 fully saturated rings. The van der Waals surface area contributed by atoms with E-state index in [0.29, 0.717) is 0 Å². The van der Waals surface area contributed by atoms with Crippen LogP contribution in [0.2, 0.25) is 0 Å². The number of nitrogens with zero attached hydrogens (tertiary/aromatic N) is 3. The quantitative estimate of drug-likeness (QED) is 0.488. The number of rotatable bonds is 6. The number of unbranched alkanes of at least 4 members (excludes halogenated alkanes) is 1. The molecule has 0 saturated carbocycles. The Morgan fingerprint density at radius 1 is 1.12 bits per heavy atom. The summed E-state index contributed by atoms with van der Waals surface area (Å²) in [6.07, 6.45) is 3.47. The first-order valence-electron chi connectivity index (χ1n) is 9.77. The first kappa shape index (κ1) is 18.2. The van der Waals surface area contributed by atoms with Gasteiger partial charge >= 0.3 is 0 Å². The Morgan fingerprint density at radius 3 is 2.72 bits per heavy atom. The Labute approximate surface area is 152 Å². The fraction of sp³-hybridized carbons (Fsp3) is 0.650. The highest BCUT2D eigenvalue weighted by Crippen LogP contribution is 2.18. The van der Waals surface area contributed by atoms with Crippen molar-refractivity contribution in [3.05, 3.63) is 35.4 Å². The Morgan fingerprint density at radius 2 is 1.92 bits per heavy atom. The number of ether oxygens (including phenoxy) is 1. The predicted octanol–water partition coefficient (Wildman–Crippen LogP) is 2.12. The third-order valence-corrected chi connectivity index (χ3v) is 5.01. The van der Waals surface area contributed by atoms with Crippen LogP contribution in [0.1, 0.15) is 30.9 Å². The van der Waals surface area contributed by atoms with Crippen molar-refractivity contribution in [2.45, 2.75) is 32.7 Å². The third-order valence-electron chi connectivity index (χ3n) is 5.01. The van der Waals surface area contributed by atoms with Gasteiger partial charge in [-0.15, -0.1) is 0 Å². The van der Waals surface area contributed by atoms with Crippen molar-refractivity contribution in [2.75, 3.05) is 52.5 Å². The molecule has 1 aromatic carbocycles. The van der Waals surface area contributed by atoms with Crippen molar-refractivity contribution in [3.63, 3.8) is 0 Å². The number of hydrogen-bond acceptors (Lipinski definition) is 3. The smallest absolute Gasteiger partial charge is 0.194 e. The number of fused-ring (bicyclic) bond motifs is 1. The summed E-state index contributed by atoms with van der Waals surface area (Å²) in [5, 5.41) is 3.47. The zero-order chi connectivity index (χ0) is 17.3. The monoisotopic (exact) mass is 344 g/mol. The largest absolute Gasteiger partial charge is 0.379 e. The van der Waals surface area contributed by atoms with Crippen LogP contribution in [0.4, 0.5) is 0 Å². The minimum atomic E-state index is 0.888. The summed E-state index contributed by atoms with van der Waals surface area (Å²) in [6, 6.07) is 8.77. The van der Waals surface area contributed by atoms with E-state index in [2.05, 4.69) is 46.3 Å². The lowest BCUT2D eigenvalue weighted by atomic mass is 10.0. The van der Waals surface area contributed by atoms with E-state index in [0.717, 1.165) is 71.3 Å². The topological polar surface area (TPSA) is 40.1 Å². The molecule has 0 unspecified atom stereocenters. The maximum Gasteiger partial charge on any atom is 0.194 e. The van der Waals surface area contributed by atoms with Crippen molar-refractivity contribution in [1.29, 1.82) is 0 Å². The van der Waals surface area contributed by atoms with Crippen LogP contribution in [0.5, 0.6) is 0 Å². The molecular weight excluding hydrogens is 312 g/mol. The lowest BCUT2D eigenvalue weighted by Crippen LogP contribution is -2.44. The van der Waals surface area contributed by atoms with E-state index < -0.39 is 0 Å². The number of aliphatic imine (C=N–C) groups is 1. The Bertz CT molecular complexity index is 554. The number of nitrogens with one attached hydrogen (secondary N) is 1. The second-order valence-corrected chi connectivity index (χ2v) is 6.84. The van der Waals surface area contributed by atoms with Crippen molar-refractivity contribution >= 4 is 5.96 Å². The molecule has 2 aliphatic heterocycles. The first-order chi connectivity index (χ1) is 12.4. The van der Waals surface area contributed by atoms with E-state index in [9.17, 15) is 0 Å². The van der Waals surface area contributed by atoms with Gasteiger partial charge in [-0.2, -0.15) is 0 Å². The molecule has 0 aromatic heterocycles. The van der Waals surface area contributed by atoms with E-state index in [1.54, 1.807) is 0 Å². The van der Waals surface area contributed by atoms with Gasteiger partial charge in [0.2, 0.25) is 0 Å². The molecule has 3 rings (SSSR count). The normalized spacial score (nSPS) is 18.9. The summed E-state index contributed by atoms with van der Waals surface area (Å²) < 4.78 is 5.40. The fourth-order valence-corrected chi connectivity index (χ4v) is 3.56. The van der Waals surface area contributed by atoms with Gasteiger partial charge in [-0.1, -0.05) is 24.3 Å². The molecule has 5 nitrogen and oxygen atoms in total. The first-order valence-corrected chi connectivity index (χ1v) is 9.77. The van der Waals surface area contributed by atoms with E-state index in [-0.39, 0.29) is 0 Å². The Hall–Kier alpha value is -1.59. The van der Waals surface area contributed by atoms with Gasteiger partial charge in [-0.3, -0.25) is 9.89 Å². The maximum absolute atomic E-state index is 5.40. The molecule has 1 aromatic rings. The van der Waals surface area contributed by atoms with Gasteiger partial charge in [0.1, 0.15) is 0 Å². The molecule has 0 radical (unpaired) electrons. The second-order valence-electron chi connectivity index (χ2n) is 6.84. The van der Waals surface area contributed by atoms with Crippen molar-refractivity contribution < 1.29 is 4.74 Å². The molecular formula is C20H32N4O. The zero-order valence-electron chi connectivity index (χ0n) is 15.5. The lowest BCUT2D eigenvalue weighted by Gasteiger charge is -2.31. The van der Waals surface area contributed by atoms with Gasteiger partial charge in [-0.25, -0.2) is 0 Å². The van der Waals surface area contributed by atoms with Gasteiger partial charge < -0.3 is 15.0 Å². The summed E-state index contributed by atoms with van der Waals surface area (Å²) >= 11 is 0. The summed E-state index contributed by atoms with van der Waals surface area (Å²) in [7, 11) is 0. The molecule has 2 aliphatic rings. The highest BCUT2D eigenvalue weighted by atomic mass is 16.5. The summed E-state index contributed by atoms with van der Waals surface area (Å²) in [5.74, 6) is 1.07. The van der Waals surface area contributed by atoms with Crippen LogP contribution in [0.15, 0.2) is 29.3 Å². The SMILES string of the molecule is CCNC(=NCCCCN1CCOCC1)N1CCc2ccccc2C1. The fourth-order valence-electron chi connectivity index (χ4n) is 3.56. The standard InChI is InChI=1S/C20H32N4O/c1-2-21-20(22-10-5-6-11-23-13-15-25-16-14-23)24-12-9-18-7-3-4-8-19(18)17-24/h3-4,7-8H,2,5-6,9-17H2,1H3,(H,21,22). The summed E-state index contributed by atoms with van der Waals surface area (Å²) in [5.41, 5.74) is 2.92. The molecule has 0 amide bonds. The average molecular weight is 345 g/mol. The van der Waals surface area contributed by atoms with Crippen LogP contribution in [0.25, 0.3) is 0 Å². The van der Waals surface area contributed by atoms with Crippen LogP contribution >= 0.6 is 0 Å². The Kier molecular flexibility index (Phi) is 7.12. The minimum absolute atomic E-state index is 0.888. The maximum atomic E-state index is 5.40. The van der Waals surface area contributed by atoms with E-state index in [4.69, 9.17) is 9.73 Å². The number of morpholine rings is 1. The molecule has 0 aliphatic carbocycles. The number of guanidine groups is 1. The summed E-state index contributed by atoms with van der Waals surface area (Å²) in [6.45, 7) is 11.1. The van der Waals surface area contributed by atoms with E-state index >= 15 is 0 Å². The Balaban J connectivity index is 1.46. The van der Waals surface area contributed by atoms with Gasteiger partial charge in [-0.05, 0) is 43.9 Å². The molecule has 138 valence electrons. The summed E-state index contributed by atoms with van der Waals surface area (Å²) in [4.78, 5) is 9.78. The van der Waals surface area contributed by atoms with Crippen molar-refractivity contribution in [3.8, 4) is 0 Å². The molecule has 0 spiro atoms. The lowest BCUT2D eigenvalue weighted by molar-refractivity contribution is 0.0373. The van der Waals surface area contributed by atoms with Gasteiger partial charge in [0.05, 0.1) is 13.2 Å². The molecule has 1 N–H and O–H groups in total. The molecule has 0 atom stereocenters. The second kappa shape index (κ2) is 9.78. The molecule has 5 heteroatoms. The van der Waals surface area contributed by atoms with Crippen molar-refractivity contribution in [1.82, 2.24) is 15.1 Å². The van der Waals surface area contributed by atoms with Crippen molar-refractivity contribution in [2.24, 2.45) is 4.99 Å². The third kappa shape index (κ3) is 5.44. The van der Waals surface area contributed by atoms with Gasteiger partial charge in [0.15, 0.2) is 5.96 Å². The number of benzene rings is 1. The molecule has 25 heavy (non-hydrogen) atoms. The average Bonchev–Trinajstić information content (AvgIpc) is 2.67.